The van der Waals surface area contributed by atoms with Gasteiger partial charge in [0.25, 0.3) is 0 Å². The summed E-state index contributed by atoms with van der Waals surface area (Å²) in [6.45, 7) is 3.39. The van der Waals surface area contributed by atoms with Gasteiger partial charge in [0.2, 0.25) is 0 Å². The van der Waals surface area contributed by atoms with Crippen molar-refractivity contribution in [3.8, 4) is 11.1 Å². The molecule has 0 saturated carbocycles. The van der Waals surface area contributed by atoms with Crippen molar-refractivity contribution in [2.45, 2.75) is 0 Å². The van der Waals surface area contributed by atoms with Crippen LogP contribution in [0.25, 0.3) is 11.1 Å². The largest absolute Gasteiger partial charge is 0.289 e. The molecular weight excluding hydrogens is 208 g/mol. The van der Waals surface area contributed by atoms with Crippen molar-refractivity contribution in [3.05, 3.63) is 78.5 Å². The molecule has 0 spiro atoms. The molecule has 0 atom stereocenters. The highest BCUT2D eigenvalue weighted by Crippen LogP contribution is 2.19. The SMILES string of the molecule is C=C=CC(=O)c1ccc(-c2ccccc2)cc1. The molecule has 0 bridgehead atoms. The molecule has 0 heterocycles. The number of benzene rings is 2. The first kappa shape index (κ1) is 11.1. The fourth-order valence-electron chi connectivity index (χ4n) is 1.63. The van der Waals surface area contributed by atoms with Crippen molar-refractivity contribution in [1.82, 2.24) is 0 Å². The number of ketones is 1. The molecule has 1 nitrogen and oxygen atoms in total. The van der Waals surface area contributed by atoms with Crippen LogP contribution < -0.4 is 0 Å². The summed E-state index contributed by atoms with van der Waals surface area (Å²) in [5.41, 5.74) is 5.39. The van der Waals surface area contributed by atoms with Crippen molar-refractivity contribution < 1.29 is 4.79 Å². The Morgan fingerprint density at radius 1 is 0.941 bits per heavy atom. The lowest BCUT2D eigenvalue weighted by Gasteiger charge is -2.02. The summed E-state index contributed by atoms with van der Waals surface area (Å²) in [5.74, 6) is -0.0698. The average Bonchev–Trinajstić information content (AvgIpc) is 2.40. The van der Waals surface area contributed by atoms with Crippen LogP contribution in [-0.2, 0) is 0 Å². The van der Waals surface area contributed by atoms with Gasteiger partial charge in [-0.05, 0) is 11.1 Å². The number of rotatable bonds is 3. The van der Waals surface area contributed by atoms with Crippen molar-refractivity contribution in [3.63, 3.8) is 0 Å². The Hall–Kier alpha value is -2.37. The maximum Gasteiger partial charge on any atom is 0.193 e. The van der Waals surface area contributed by atoms with Gasteiger partial charge in [-0.1, -0.05) is 61.2 Å². The van der Waals surface area contributed by atoms with E-state index in [-0.39, 0.29) is 5.78 Å². The normalized spacial score (nSPS) is 9.41. The van der Waals surface area contributed by atoms with Gasteiger partial charge in [0, 0.05) is 11.6 Å². The first-order valence-electron chi connectivity index (χ1n) is 5.37. The monoisotopic (exact) mass is 220 g/mol. The van der Waals surface area contributed by atoms with E-state index in [2.05, 4.69) is 12.3 Å². The maximum absolute atomic E-state index is 11.5. The number of hydrogen-bond acceptors (Lipinski definition) is 1. The minimum absolute atomic E-state index is 0.0698. The predicted octanol–water partition coefficient (Wildman–Crippen LogP) is 3.88. The van der Waals surface area contributed by atoms with Crippen LogP contribution in [0.3, 0.4) is 0 Å². The highest BCUT2D eigenvalue weighted by atomic mass is 16.1. The van der Waals surface area contributed by atoms with E-state index < -0.39 is 0 Å². The zero-order chi connectivity index (χ0) is 12.1. The highest BCUT2D eigenvalue weighted by Gasteiger charge is 2.02. The topological polar surface area (TPSA) is 17.1 Å². The van der Waals surface area contributed by atoms with Gasteiger partial charge in [0.05, 0.1) is 0 Å². The number of allylic oxidation sites excluding steroid dienone is 1. The Bertz CT molecular complexity index is 558. The molecule has 0 aromatic heterocycles. The van der Waals surface area contributed by atoms with E-state index in [0.29, 0.717) is 5.56 Å². The summed E-state index contributed by atoms with van der Waals surface area (Å²) in [7, 11) is 0. The Morgan fingerprint density at radius 2 is 1.53 bits per heavy atom. The van der Waals surface area contributed by atoms with Crippen LogP contribution in [0.1, 0.15) is 10.4 Å². The van der Waals surface area contributed by atoms with E-state index in [1.165, 1.54) is 6.08 Å². The molecule has 2 rings (SSSR count). The molecule has 0 aliphatic carbocycles. The van der Waals surface area contributed by atoms with Crippen molar-refractivity contribution in [2.75, 3.05) is 0 Å². The van der Waals surface area contributed by atoms with Gasteiger partial charge < -0.3 is 0 Å². The molecule has 0 unspecified atom stereocenters. The van der Waals surface area contributed by atoms with Crippen LogP contribution in [0, 0.1) is 0 Å². The van der Waals surface area contributed by atoms with Crippen LogP contribution in [0.5, 0.6) is 0 Å². The first-order chi connectivity index (χ1) is 8.31. The third-order valence-electron chi connectivity index (χ3n) is 2.51. The molecule has 82 valence electrons. The molecule has 0 N–H and O–H groups in total. The second kappa shape index (κ2) is 5.11. The predicted molar refractivity (Wildman–Crippen MR) is 69.9 cm³/mol. The van der Waals surface area contributed by atoms with Gasteiger partial charge in [-0.25, -0.2) is 0 Å². The van der Waals surface area contributed by atoms with E-state index >= 15 is 0 Å². The summed E-state index contributed by atoms with van der Waals surface area (Å²) in [6.07, 6.45) is 1.34. The van der Waals surface area contributed by atoms with E-state index in [9.17, 15) is 4.79 Å². The van der Waals surface area contributed by atoms with Crippen LogP contribution in [-0.4, -0.2) is 5.78 Å². The van der Waals surface area contributed by atoms with Crippen molar-refractivity contribution >= 4 is 5.78 Å². The number of carbonyl (C=O) groups is 1. The third-order valence-corrected chi connectivity index (χ3v) is 2.51. The molecule has 2 aromatic carbocycles. The van der Waals surface area contributed by atoms with Crippen LogP contribution in [0.4, 0.5) is 0 Å². The zero-order valence-corrected chi connectivity index (χ0v) is 9.39. The fraction of sp³-hybridized carbons (Fsp3) is 0. The molecule has 0 saturated heterocycles. The van der Waals surface area contributed by atoms with Crippen LogP contribution >= 0.6 is 0 Å². The lowest BCUT2D eigenvalue weighted by atomic mass is 10.0. The Morgan fingerprint density at radius 3 is 2.12 bits per heavy atom. The van der Waals surface area contributed by atoms with E-state index in [1.807, 2.05) is 54.6 Å². The minimum atomic E-state index is -0.0698. The Balaban J connectivity index is 2.31. The second-order valence-corrected chi connectivity index (χ2v) is 3.66. The number of hydrogen-bond donors (Lipinski definition) is 0. The molecule has 0 amide bonds. The summed E-state index contributed by atoms with van der Waals surface area (Å²) in [5, 5.41) is 0. The van der Waals surface area contributed by atoms with Crippen LogP contribution in [0.2, 0.25) is 0 Å². The van der Waals surface area contributed by atoms with Crippen molar-refractivity contribution in [1.29, 1.82) is 0 Å². The van der Waals surface area contributed by atoms with Gasteiger partial charge in [0.1, 0.15) is 0 Å². The van der Waals surface area contributed by atoms with Gasteiger partial charge in [-0.15, -0.1) is 5.73 Å². The van der Waals surface area contributed by atoms with Crippen molar-refractivity contribution in [2.24, 2.45) is 0 Å². The highest BCUT2D eigenvalue weighted by molar-refractivity contribution is 6.04. The van der Waals surface area contributed by atoms with E-state index in [0.717, 1.165) is 11.1 Å². The zero-order valence-electron chi connectivity index (χ0n) is 9.39. The molecule has 0 fully saturated rings. The fourth-order valence-corrected chi connectivity index (χ4v) is 1.63. The first-order valence-corrected chi connectivity index (χ1v) is 5.37. The third kappa shape index (κ3) is 2.60. The molecule has 2 aromatic rings. The summed E-state index contributed by atoms with van der Waals surface area (Å²) >= 11 is 0. The van der Waals surface area contributed by atoms with E-state index in [4.69, 9.17) is 0 Å². The molecule has 17 heavy (non-hydrogen) atoms. The molecular formula is C16H12O. The lowest BCUT2D eigenvalue weighted by Crippen LogP contribution is -1.92. The molecule has 0 aliphatic rings. The summed E-state index contributed by atoms with van der Waals surface area (Å²) in [6, 6.07) is 17.6. The Labute approximate surface area is 101 Å². The standard InChI is InChI=1S/C16H12O/c1-2-6-16(17)15-11-9-14(10-12-15)13-7-4-3-5-8-13/h3-12H,1H2. The van der Waals surface area contributed by atoms with Crippen LogP contribution in [0.15, 0.2) is 73.0 Å². The average molecular weight is 220 g/mol. The minimum Gasteiger partial charge on any atom is -0.289 e. The summed E-state index contributed by atoms with van der Waals surface area (Å²) < 4.78 is 0. The lowest BCUT2D eigenvalue weighted by molar-refractivity contribution is 0.104. The van der Waals surface area contributed by atoms with Gasteiger partial charge in [-0.3, -0.25) is 4.79 Å². The maximum atomic E-state index is 11.5. The van der Waals surface area contributed by atoms with Gasteiger partial charge in [0.15, 0.2) is 5.78 Å². The smallest absolute Gasteiger partial charge is 0.193 e. The summed E-state index contributed by atoms with van der Waals surface area (Å²) in [4.78, 5) is 11.5. The van der Waals surface area contributed by atoms with Gasteiger partial charge in [-0.2, -0.15) is 0 Å². The molecule has 0 radical (unpaired) electrons. The Kier molecular flexibility index (Phi) is 3.34. The molecule has 1 heteroatoms. The second-order valence-electron chi connectivity index (χ2n) is 3.66. The molecule has 0 aliphatic heterocycles. The van der Waals surface area contributed by atoms with E-state index in [1.54, 1.807) is 0 Å². The number of carbonyl (C=O) groups excluding carboxylic acids is 1. The quantitative estimate of drug-likeness (QED) is 0.436. The van der Waals surface area contributed by atoms with Gasteiger partial charge >= 0.3 is 0 Å².